The van der Waals surface area contributed by atoms with Crippen LogP contribution >= 0.6 is 7.52 Å². The Hall–Kier alpha value is -1.76. The van der Waals surface area contributed by atoms with E-state index < -0.39 is 31.3 Å². The summed E-state index contributed by atoms with van der Waals surface area (Å²) in [5.41, 5.74) is -0.466. The van der Waals surface area contributed by atoms with Crippen molar-refractivity contribution in [2.45, 2.75) is 97.4 Å². The second-order valence-electron chi connectivity index (χ2n) is 10.2. The number of hydrogen-bond donors (Lipinski definition) is 2. The van der Waals surface area contributed by atoms with Gasteiger partial charge in [0.1, 0.15) is 11.8 Å². The maximum absolute atomic E-state index is 14.8. The Kier molecular flexibility index (Phi) is 10.7. The number of rotatable bonds is 12. The molecule has 36 heavy (non-hydrogen) atoms. The fraction of sp³-hybridized carbons (Fsp3) is 0.667. The van der Waals surface area contributed by atoms with Crippen LogP contribution < -0.4 is 5.09 Å². The molecule has 2 aliphatic carbocycles. The smallest absolute Gasteiger partial charge is 0.339 e. The highest BCUT2D eigenvalue weighted by atomic mass is 31.2. The lowest BCUT2D eigenvalue weighted by Crippen LogP contribution is -2.40. The summed E-state index contributed by atoms with van der Waals surface area (Å²) >= 11 is 0. The van der Waals surface area contributed by atoms with Gasteiger partial charge >= 0.3 is 19.2 Å². The Morgan fingerprint density at radius 3 is 2.61 bits per heavy atom. The second-order valence-corrected chi connectivity index (χ2v) is 12.6. The van der Waals surface area contributed by atoms with E-state index in [-0.39, 0.29) is 24.0 Å². The van der Waals surface area contributed by atoms with Gasteiger partial charge in [-0.2, -0.15) is 8.78 Å². The molecule has 0 aromatic heterocycles. The number of methoxy groups -OCH3 is 1. The van der Waals surface area contributed by atoms with Gasteiger partial charge < -0.3 is 14.4 Å². The molecule has 0 aromatic carbocycles. The van der Waals surface area contributed by atoms with Gasteiger partial charge in [0, 0.05) is 18.4 Å². The lowest BCUT2D eigenvalue weighted by atomic mass is 9.71. The fourth-order valence-corrected chi connectivity index (χ4v) is 6.57. The van der Waals surface area contributed by atoms with Crippen LogP contribution in [0.4, 0.5) is 8.78 Å². The molecule has 0 spiro atoms. The van der Waals surface area contributed by atoms with Gasteiger partial charge in [-0.15, -0.1) is 0 Å². The van der Waals surface area contributed by atoms with Crippen LogP contribution in [-0.4, -0.2) is 36.0 Å². The van der Waals surface area contributed by atoms with Gasteiger partial charge in [-0.05, 0) is 64.9 Å². The zero-order chi connectivity index (χ0) is 27.3. The number of halogens is 2. The van der Waals surface area contributed by atoms with Crippen LogP contribution in [0.5, 0.6) is 0 Å². The van der Waals surface area contributed by atoms with E-state index >= 15 is 0 Å². The van der Waals surface area contributed by atoms with Crippen molar-refractivity contribution in [3.63, 3.8) is 0 Å². The van der Waals surface area contributed by atoms with Crippen molar-refractivity contribution in [2.75, 3.05) is 7.11 Å². The summed E-state index contributed by atoms with van der Waals surface area (Å²) < 4.78 is 53.7. The summed E-state index contributed by atoms with van der Waals surface area (Å²) in [5, 5.41) is 13.4. The Morgan fingerprint density at radius 1 is 1.39 bits per heavy atom. The maximum Gasteiger partial charge on any atom is 0.339 e. The molecule has 0 aromatic rings. The van der Waals surface area contributed by atoms with Crippen molar-refractivity contribution in [3.05, 3.63) is 46.8 Å². The first-order valence-corrected chi connectivity index (χ1v) is 14.3. The van der Waals surface area contributed by atoms with Gasteiger partial charge in [-0.25, -0.2) is 5.09 Å². The minimum Gasteiger partial charge on any atom is -0.508 e. The van der Waals surface area contributed by atoms with Crippen LogP contribution in [0.15, 0.2) is 46.8 Å². The average molecular weight is 530 g/mol. The van der Waals surface area contributed by atoms with E-state index in [1.165, 1.54) is 6.92 Å². The lowest BCUT2D eigenvalue weighted by molar-refractivity contribution is -0.142. The van der Waals surface area contributed by atoms with E-state index in [1.54, 1.807) is 6.08 Å². The number of allylic oxidation sites excluding steroid dienone is 4. The molecule has 0 fully saturated rings. The Balaban J connectivity index is 2.56. The third-order valence-corrected chi connectivity index (χ3v) is 9.30. The SMILES string of the molecule is C=C(C)C1CCC(C)=CC1C1=C(O)C=C(CCCCC)CC1OP(=O)(N[C@@H](C)C(=O)OC)C(C)(F)F. The van der Waals surface area contributed by atoms with E-state index in [9.17, 15) is 23.2 Å². The van der Waals surface area contributed by atoms with Gasteiger partial charge in [0.25, 0.3) is 0 Å². The van der Waals surface area contributed by atoms with Gasteiger partial charge in [-0.3, -0.25) is 9.36 Å². The molecule has 2 aliphatic rings. The monoisotopic (exact) mass is 529 g/mol. The summed E-state index contributed by atoms with van der Waals surface area (Å²) in [4.78, 5) is 11.9. The number of carbonyl (C=O) groups excluding carboxylic acids is 1. The van der Waals surface area contributed by atoms with Gasteiger partial charge in [0.15, 0.2) is 0 Å². The molecule has 0 radical (unpaired) electrons. The Labute approximate surface area is 214 Å². The second kappa shape index (κ2) is 12.7. The minimum absolute atomic E-state index is 0.0181. The molecule has 5 atom stereocenters. The number of aliphatic hydroxyl groups is 1. The number of unbranched alkanes of at least 4 members (excludes halogenated alkanes) is 2. The molecule has 4 unspecified atom stereocenters. The van der Waals surface area contributed by atoms with Gasteiger partial charge in [-0.1, -0.05) is 49.1 Å². The summed E-state index contributed by atoms with van der Waals surface area (Å²) in [6, 6.07) is -1.28. The van der Waals surface area contributed by atoms with Crippen LogP contribution in [0.2, 0.25) is 0 Å². The van der Waals surface area contributed by atoms with E-state index in [4.69, 9.17) is 4.52 Å². The highest BCUT2D eigenvalue weighted by molar-refractivity contribution is 7.58. The number of nitrogens with one attached hydrogen (secondary N) is 1. The molecule has 2 rings (SSSR count). The molecule has 0 aliphatic heterocycles. The first-order chi connectivity index (χ1) is 16.7. The number of hydrogen-bond acceptors (Lipinski definition) is 5. The van der Waals surface area contributed by atoms with Crippen LogP contribution in [0.25, 0.3) is 0 Å². The standard InChI is InChI=1S/C27H42F2NO5P/c1-8-9-10-11-20-15-23(31)25(22-14-18(4)12-13-21(22)17(2)3)24(16-20)35-36(33,27(6,28)29)30-19(5)26(32)34-7/h14-15,19,21-22,24,31H,2,8-13,16H2,1,3-7H3,(H,30,33)/t19-,21?,22?,24?,36?/m0/s1. The van der Waals surface area contributed by atoms with Gasteiger partial charge in [0.2, 0.25) is 0 Å². The van der Waals surface area contributed by atoms with E-state index in [0.29, 0.717) is 18.9 Å². The predicted octanol–water partition coefficient (Wildman–Crippen LogP) is 7.60. The van der Waals surface area contributed by atoms with Crippen molar-refractivity contribution in [1.29, 1.82) is 0 Å². The van der Waals surface area contributed by atoms with Crippen molar-refractivity contribution < 1.29 is 32.5 Å². The van der Waals surface area contributed by atoms with Gasteiger partial charge in [0.05, 0.1) is 13.2 Å². The average Bonchev–Trinajstić information content (AvgIpc) is 2.77. The molecule has 0 heterocycles. The first kappa shape index (κ1) is 30.5. The molecule has 0 saturated heterocycles. The minimum atomic E-state index is -4.93. The lowest BCUT2D eigenvalue weighted by Gasteiger charge is -2.39. The van der Waals surface area contributed by atoms with Crippen LogP contribution in [0.1, 0.15) is 79.6 Å². The highest BCUT2D eigenvalue weighted by Crippen LogP contribution is 2.60. The first-order valence-electron chi connectivity index (χ1n) is 12.7. The molecular weight excluding hydrogens is 487 g/mol. The maximum atomic E-state index is 14.8. The normalized spacial score (nSPS) is 25.5. The molecule has 0 bridgehead atoms. The number of ether oxygens (including phenoxy) is 1. The van der Waals surface area contributed by atoms with Crippen LogP contribution in [0.3, 0.4) is 0 Å². The molecular formula is C27H42F2NO5P. The molecule has 6 nitrogen and oxygen atoms in total. The third kappa shape index (κ3) is 7.39. The summed E-state index contributed by atoms with van der Waals surface area (Å²) in [7, 11) is -3.80. The molecule has 0 saturated carbocycles. The number of carbonyl (C=O) groups is 1. The molecule has 0 amide bonds. The third-order valence-electron chi connectivity index (χ3n) is 6.98. The van der Waals surface area contributed by atoms with Crippen LogP contribution in [-0.2, 0) is 18.6 Å². The topological polar surface area (TPSA) is 84.9 Å². The highest BCUT2D eigenvalue weighted by Gasteiger charge is 2.52. The number of aliphatic hydroxyl groups excluding tert-OH is 1. The van der Waals surface area contributed by atoms with E-state index in [2.05, 4.69) is 23.3 Å². The van der Waals surface area contributed by atoms with E-state index in [0.717, 1.165) is 55.9 Å². The summed E-state index contributed by atoms with van der Waals surface area (Å²) in [6.07, 6.45) is 8.14. The summed E-state index contributed by atoms with van der Waals surface area (Å²) in [6.45, 7) is 11.9. The Bertz CT molecular complexity index is 966. The fourth-order valence-electron chi connectivity index (χ4n) is 4.93. The quantitative estimate of drug-likeness (QED) is 0.117. The predicted molar refractivity (Wildman–Crippen MR) is 139 cm³/mol. The Morgan fingerprint density at radius 2 is 2.06 bits per heavy atom. The molecule has 204 valence electrons. The summed E-state index contributed by atoms with van der Waals surface area (Å²) in [5.74, 6) is -1.22. The number of esters is 1. The zero-order valence-corrected chi connectivity index (χ0v) is 23.3. The van der Waals surface area contributed by atoms with Crippen LogP contribution in [0, 0.1) is 11.8 Å². The van der Waals surface area contributed by atoms with Crippen molar-refractivity contribution in [3.8, 4) is 0 Å². The zero-order valence-electron chi connectivity index (χ0n) is 22.4. The largest absolute Gasteiger partial charge is 0.508 e. The van der Waals surface area contributed by atoms with E-state index in [1.807, 2.05) is 19.9 Å². The molecule has 2 N–H and O–H groups in total. The molecule has 9 heteroatoms. The number of alkyl halides is 2. The van der Waals surface area contributed by atoms with Crippen molar-refractivity contribution in [2.24, 2.45) is 11.8 Å². The van der Waals surface area contributed by atoms with Crippen molar-refractivity contribution in [1.82, 2.24) is 5.09 Å². The van der Waals surface area contributed by atoms with Crippen molar-refractivity contribution >= 4 is 13.5 Å².